The van der Waals surface area contributed by atoms with Gasteiger partial charge in [-0.1, -0.05) is 11.6 Å². The Balaban J connectivity index is 1.48. The van der Waals surface area contributed by atoms with E-state index >= 15 is 0 Å². The number of carboxylic acids is 1. The van der Waals surface area contributed by atoms with Crippen LogP contribution in [0.5, 0.6) is 0 Å². The van der Waals surface area contributed by atoms with Crippen molar-refractivity contribution >= 4 is 51.1 Å². The number of amides is 3. The maximum atomic E-state index is 12.6. The Hall–Kier alpha value is -3.12. The molecule has 0 bridgehead atoms. The van der Waals surface area contributed by atoms with E-state index in [2.05, 4.69) is 15.3 Å². The number of aromatic nitrogens is 2. The van der Waals surface area contributed by atoms with Crippen LogP contribution in [0.4, 0.5) is 4.79 Å². The summed E-state index contributed by atoms with van der Waals surface area (Å²) in [5.74, 6) is -1.60. The van der Waals surface area contributed by atoms with Crippen LogP contribution in [0.3, 0.4) is 0 Å². The van der Waals surface area contributed by atoms with Gasteiger partial charge in [0.15, 0.2) is 0 Å². The molecule has 12 heteroatoms. The second kappa shape index (κ2) is 10.1. The predicted octanol–water partition coefficient (Wildman–Crippen LogP) is 2.70. The van der Waals surface area contributed by atoms with Crippen LogP contribution in [0.1, 0.15) is 16.0 Å². The number of nitrogens with one attached hydrogen (secondary N) is 1. The summed E-state index contributed by atoms with van der Waals surface area (Å²) in [7, 11) is 0. The molecule has 36 heavy (non-hydrogen) atoms. The highest BCUT2D eigenvalue weighted by Gasteiger charge is 2.37. The summed E-state index contributed by atoms with van der Waals surface area (Å²) in [5, 5.41) is 13.0. The van der Waals surface area contributed by atoms with Crippen molar-refractivity contribution in [1.82, 2.24) is 25.1 Å². The summed E-state index contributed by atoms with van der Waals surface area (Å²) in [6, 6.07) is 5.05. The lowest BCUT2D eigenvalue weighted by molar-refractivity contribution is -0.137. The minimum absolute atomic E-state index is 0.0366. The second-order valence-corrected chi connectivity index (χ2v) is 10.4. The topological polar surface area (TPSA) is 125 Å². The number of ether oxygens (including phenoxy) is 1. The summed E-state index contributed by atoms with van der Waals surface area (Å²) in [4.78, 5) is 47.8. The first-order valence-electron chi connectivity index (χ1n) is 11.5. The molecule has 0 radical (unpaired) electrons. The Morgan fingerprint density at radius 1 is 1.31 bits per heavy atom. The first-order chi connectivity index (χ1) is 17.3. The predicted molar refractivity (Wildman–Crippen MR) is 134 cm³/mol. The normalized spacial score (nSPS) is 18.4. The molecule has 3 amide bonds. The number of hydrogen-bond acceptors (Lipinski definition) is 8. The quantitative estimate of drug-likeness (QED) is 0.448. The maximum Gasteiger partial charge on any atom is 0.328 e. The number of hydrogen-bond donors (Lipinski definition) is 2. The molecular formula is C24H24ClN5O5S. The third kappa shape index (κ3) is 4.92. The van der Waals surface area contributed by atoms with Gasteiger partial charge in [-0.3, -0.25) is 14.5 Å². The molecule has 2 aliphatic heterocycles. The molecule has 1 aromatic carbocycles. The summed E-state index contributed by atoms with van der Waals surface area (Å²) in [5.41, 5.74) is 4.46. The lowest BCUT2D eigenvalue weighted by Gasteiger charge is -2.25. The Bertz CT molecular complexity index is 1360. The van der Waals surface area contributed by atoms with E-state index in [0.717, 1.165) is 54.9 Å². The number of imide groups is 1. The number of morpholine rings is 1. The number of urea groups is 1. The van der Waals surface area contributed by atoms with Crippen LogP contribution in [-0.4, -0.2) is 81.7 Å². The third-order valence-electron chi connectivity index (χ3n) is 6.26. The van der Waals surface area contributed by atoms with Crippen molar-refractivity contribution in [3.8, 4) is 11.3 Å². The fourth-order valence-corrected chi connectivity index (χ4v) is 5.97. The molecule has 2 aromatic heterocycles. The van der Waals surface area contributed by atoms with Gasteiger partial charge in [0.2, 0.25) is 0 Å². The molecule has 0 unspecified atom stereocenters. The van der Waals surface area contributed by atoms with E-state index in [1.54, 1.807) is 0 Å². The van der Waals surface area contributed by atoms with Crippen LogP contribution in [-0.2, 0) is 27.3 Å². The Morgan fingerprint density at radius 2 is 2.14 bits per heavy atom. The number of rotatable bonds is 7. The molecule has 2 saturated heterocycles. The van der Waals surface area contributed by atoms with Gasteiger partial charge in [-0.05, 0) is 36.2 Å². The highest BCUT2D eigenvalue weighted by molar-refractivity contribution is 7.19. The Morgan fingerprint density at radius 3 is 2.89 bits per heavy atom. The van der Waals surface area contributed by atoms with Gasteiger partial charge in [-0.25, -0.2) is 14.8 Å². The van der Waals surface area contributed by atoms with Crippen LogP contribution < -0.4 is 5.32 Å². The molecule has 5 rings (SSSR count). The number of aryl methyl sites for hydroxylation is 1. The number of aliphatic carboxylic acids is 1. The van der Waals surface area contributed by atoms with E-state index in [-0.39, 0.29) is 19.2 Å². The van der Waals surface area contributed by atoms with Gasteiger partial charge in [-0.2, -0.15) is 0 Å². The number of benzene rings is 1. The van der Waals surface area contributed by atoms with E-state index in [1.165, 1.54) is 17.7 Å². The second-order valence-electron chi connectivity index (χ2n) is 8.81. The van der Waals surface area contributed by atoms with Crippen molar-refractivity contribution in [3.63, 3.8) is 0 Å². The Labute approximate surface area is 215 Å². The summed E-state index contributed by atoms with van der Waals surface area (Å²) >= 11 is 7.85. The first-order valence-corrected chi connectivity index (χ1v) is 12.7. The summed E-state index contributed by atoms with van der Waals surface area (Å²) in [6.45, 7) is 3.56. The van der Waals surface area contributed by atoms with Gasteiger partial charge >= 0.3 is 12.0 Å². The molecule has 4 heterocycles. The SMILES string of the molecule is Cc1cc(Cl)cc(-c2ncnc3cc(CN4C(=O)CN(CC(=O)O)C4=O)sc23)c1C[C@H]1CNCCO1. The van der Waals surface area contributed by atoms with Crippen LogP contribution in [0.2, 0.25) is 5.02 Å². The van der Waals surface area contributed by atoms with Gasteiger partial charge in [0.1, 0.15) is 19.4 Å². The van der Waals surface area contributed by atoms with Crippen molar-refractivity contribution in [3.05, 3.63) is 45.6 Å². The lowest BCUT2D eigenvalue weighted by Crippen LogP contribution is -2.39. The van der Waals surface area contributed by atoms with Crippen molar-refractivity contribution < 1.29 is 24.2 Å². The van der Waals surface area contributed by atoms with E-state index in [9.17, 15) is 14.4 Å². The van der Waals surface area contributed by atoms with Crippen molar-refractivity contribution in [1.29, 1.82) is 0 Å². The fourth-order valence-electron chi connectivity index (χ4n) is 4.60. The van der Waals surface area contributed by atoms with Crippen molar-refractivity contribution in [2.45, 2.75) is 26.0 Å². The van der Waals surface area contributed by atoms with Gasteiger partial charge < -0.3 is 20.1 Å². The number of fused-ring (bicyclic) bond motifs is 1. The van der Waals surface area contributed by atoms with Crippen LogP contribution >= 0.6 is 22.9 Å². The number of halogens is 1. The average Bonchev–Trinajstić information content (AvgIpc) is 3.37. The first kappa shape index (κ1) is 24.6. The largest absolute Gasteiger partial charge is 0.480 e. The standard InChI is InChI=1S/C24H24ClN5O5S/c1-13-4-14(25)5-18(17(13)6-15-8-26-2-3-35-15)22-23-19(27-12-28-22)7-16(36-23)9-30-20(31)10-29(24(30)34)11-21(32)33/h4-5,7,12,15,26H,2-3,6,8-11H2,1H3,(H,32,33)/t15-/m0/s1. The van der Waals surface area contributed by atoms with Gasteiger partial charge in [0.05, 0.1) is 35.2 Å². The minimum Gasteiger partial charge on any atom is -0.480 e. The molecule has 1 atom stereocenters. The highest BCUT2D eigenvalue weighted by atomic mass is 35.5. The van der Waals surface area contributed by atoms with Crippen LogP contribution in [0.15, 0.2) is 24.5 Å². The van der Waals surface area contributed by atoms with E-state index < -0.39 is 24.5 Å². The molecule has 2 fully saturated rings. The number of carbonyl (C=O) groups excluding carboxylic acids is 2. The Kier molecular flexibility index (Phi) is 6.89. The molecule has 0 aliphatic carbocycles. The van der Waals surface area contributed by atoms with Crippen molar-refractivity contribution in [2.75, 3.05) is 32.8 Å². The molecule has 188 valence electrons. The average molecular weight is 530 g/mol. The number of thiophene rings is 1. The van der Waals surface area contributed by atoms with E-state index in [0.29, 0.717) is 23.6 Å². The molecule has 10 nitrogen and oxygen atoms in total. The number of nitrogens with zero attached hydrogens (tertiary/aromatic N) is 4. The molecular weight excluding hydrogens is 506 g/mol. The van der Waals surface area contributed by atoms with Crippen molar-refractivity contribution in [2.24, 2.45) is 0 Å². The zero-order valence-electron chi connectivity index (χ0n) is 19.5. The highest BCUT2D eigenvalue weighted by Crippen LogP contribution is 2.37. The lowest BCUT2D eigenvalue weighted by atomic mass is 9.94. The molecule has 2 N–H and O–H groups in total. The zero-order valence-corrected chi connectivity index (χ0v) is 21.1. The fraction of sp³-hybridized carbons (Fsp3) is 0.375. The zero-order chi connectivity index (χ0) is 25.4. The summed E-state index contributed by atoms with van der Waals surface area (Å²) < 4.78 is 6.76. The minimum atomic E-state index is -1.16. The molecule has 0 saturated carbocycles. The number of carboxylic acid groups (broad SMARTS) is 1. The molecule has 0 spiro atoms. The van der Waals surface area contributed by atoms with Gasteiger partial charge in [0, 0.05) is 35.0 Å². The van der Waals surface area contributed by atoms with Crippen LogP contribution in [0.25, 0.3) is 21.5 Å². The smallest absolute Gasteiger partial charge is 0.328 e. The monoisotopic (exact) mass is 529 g/mol. The van der Waals surface area contributed by atoms with Gasteiger partial charge in [-0.15, -0.1) is 11.3 Å². The molecule has 3 aromatic rings. The number of carbonyl (C=O) groups is 3. The van der Waals surface area contributed by atoms with Crippen LogP contribution in [0, 0.1) is 6.92 Å². The molecule has 2 aliphatic rings. The van der Waals surface area contributed by atoms with E-state index in [4.69, 9.17) is 21.4 Å². The van der Waals surface area contributed by atoms with Gasteiger partial charge in [0.25, 0.3) is 5.91 Å². The summed E-state index contributed by atoms with van der Waals surface area (Å²) in [6.07, 6.45) is 2.23. The maximum absolute atomic E-state index is 12.6. The van der Waals surface area contributed by atoms with E-state index in [1.807, 2.05) is 25.1 Å². The third-order valence-corrected chi connectivity index (χ3v) is 7.59.